The zero-order chi connectivity index (χ0) is 12.3. The van der Waals surface area contributed by atoms with E-state index in [4.69, 9.17) is 5.11 Å². The van der Waals surface area contributed by atoms with Crippen molar-refractivity contribution in [2.24, 2.45) is 5.92 Å². The molecule has 1 unspecified atom stereocenters. The summed E-state index contributed by atoms with van der Waals surface area (Å²) < 4.78 is 0. The molecule has 92 valence electrons. The predicted octanol–water partition coefficient (Wildman–Crippen LogP) is 2.41. The maximum Gasteiger partial charge on any atom is 0.354 e. The summed E-state index contributed by atoms with van der Waals surface area (Å²) in [7, 11) is 0. The molecule has 0 bridgehead atoms. The number of rotatable bonds is 4. The Kier molecular flexibility index (Phi) is 3.61. The fraction of sp³-hybridized carbons (Fsp3) is 0.538. The van der Waals surface area contributed by atoms with E-state index in [2.05, 4.69) is 16.8 Å². The Hall–Kier alpha value is -1.58. The molecule has 17 heavy (non-hydrogen) atoms. The molecule has 1 aliphatic rings. The molecule has 2 heterocycles. The number of pyridine rings is 1. The number of hydrogen-bond acceptors (Lipinski definition) is 3. The summed E-state index contributed by atoms with van der Waals surface area (Å²) in [5.74, 6) is -0.211. The zero-order valence-corrected chi connectivity index (χ0v) is 10.1. The van der Waals surface area contributed by atoms with Crippen LogP contribution in [0.2, 0.25) is 0 Å². The standard InChI is InChI=1S/C13H18N2O2/c1-2-3-10-5-7-15(9-10)11-4-6-14-12(8-11)13(16)17/h4,6,8,10H,2-3,5,7,9H2,1H3,(H,16,17). The van der Waals surface area contributed by atoms with Gasteiger partial charge in [0.15, 0.2) is 0 Å². The lowest BCUT2D eigenvalue weighted by atomic mass is 10.0. The molecule has 0 aliphatic carbocycles. The van der Waals surface area contributed by atoms with Crippen LogP contribution in [-0.4, -0.2) is 29.1 Å². The van der Waals surface area contributed by atoms with Crippen molar-refractivity contribution in [3.8, 4) is 0 Å². The molecule has 4 nitrogen and oxygen atoms in total. The fourth-order valence-corrected chi connectivity index (χ4v) is 2.44. The van der Waals surface area contributed by atoms with Gasteiger partial charge in [-0.1, -0.05) is 13.3 Å². The van der Waals surface area contributed by atoms with Gasteiger partial charge in [-0.2, -0.15) is 0 Å². The highest BCUT2D eigenvalue weighted by molar-refractivity contribution is 5.86. The molecular weight excluding hydrogens is 216 g/mol. The minimum Gasteiger partial charge on any atom is -0.477 e. The van der Waals surface area contributed by atoms with Crippen LogP contribution in [0.25, 0.3) is 0 Å². The average molecular weight is 234 g/mol. The van der Waals surface area contributed by atoms with E-state index in [-0.39, 0.29) is 5.69 Å². The Bertz CT molecular complexity index is 406. The molecule has 1 aliphatic heterocycles. The van der Waals surface area contributed by atoms with E-state index < -0.39 is 5.97 Å². The molecule has 1 aromatic rings. The van der Waals surface area contributed by atoms with Crippen molar-refractivity contribution in [2.75, 3.05) is 18.0 Å². The highest BCUT2D eigenvalue weighted by Crippen LogP contribution is 2.26. The fourth-order valence-electron chi connectivity index (χ4n) is 2.44. The highest BCUT2D eigenvalue weighted by Gasteiger charge is 2.22. The van der Waals surface area contributed by atoms with Crippen LogP contribution in [-0.2, 0) is 0 Å². The number of nitrogens with zero attached hydrogens (tertiary/aromatic N) is 2. The van der Waals surface area contributed by atoms with Gasteiger partial charge in [0.25, 0.3) is 0 Å². The van der Waals surface area contributed by atoms with Gasteiger partial charge in [-0.05, 0) is 30.9 Å². The summed E-state index contributed by atoms with van der Waals surface area (Å²) in [6.45, 7) is 4.27. The SMILES string of the molecule is CCCC1CCN(c2ccnc(C(=O)O)c2)C1. The van der Waals surface area contributed by atoms with Gasteiger partial charge in [0, 0.05) is 25.0 Å². The molecule has 1 atom stereocenters. The van der Waals surface area contributed by atoms with Crippen LogP contribution in [0.15, 0.2) is 18.3 Å². The van der Waals surface area contributed by atoms with Crippen molar-refractivity contribution in [1.29, 1.82) is 0 Å². The predicted molar refractivity (Wildman–Crippen MR) is 66.4 cm³/mol. The van der Waals surface area contributed by atoms with Crippen LogP contribution >= 0.6 is 0 Å². The third-order valence-corrected chi connectivity index (χ3v) is 3.31. The van der Waals surface area contributed by atoms with Crippen LogP contribution in [0.3, 0.4) is 0 Å². The molecule has 0 saturated carbocycles. The maximum atomic E-state index is 10.9. The van der Waals surface area contributed by atoms with E-state index >= 15 is 0 Å². The quantitative estimate of drug-likeness (QED) is 0.869. The molecule has 0 aromatic carbocycles. The smallest absolute Gasteiger partial charge is 0.354 e. The van der Waals surface area contributed by atoms with Crippen molar-refractivity contribution < 1.29 is 9.90 Å². The topological polar surface area (TPSA) is 53.4 Å². The first-order valence-corrected chi connectivity index (χ1v) is 6.15. The first-order valence-electron chi connectivity index (χ1n) is 6.15. The van der Waals surface area contributed by atoms with Gasteiger partial charge in [-0.15, -0.1) is 0 Å². The lowest BCUT2D eigenvalue weighted by molar-refractivity contribution is 0.0690. The van der Waals surface area contributed by atoms with E-state index in [0.29, 0.717) is 0 Å². The summed E-state index contributed by atoms with van der Waals surface area (Å²) >= 11 is 0. The van der Waals surface area contributed by atoms with Gasteiger partial charge < -0.3 is 10.0 Å². The highest BCUT2D eigenvalue weighted by atomic mass is 16.4. The third-order valence-electron chi connectivity index (χ3n) is 3.31. The number of aromatic nitrogens is 1. The number of carboxylic acids is 1. The van der Waals surface area contributed by atoms with Crippen LogP contribution in [0, 0.1) is 5.92 Å². The van der Waals surface area contributed by atoms with Crippen LogP contribution in [0.4, 0.5) is 5.69 Å². The van der Waals surface area contributed by atoms with Gasteiger partial charge >= 0.3 is 5.97 Å². The monoisotopic (exact) mass is 234 g/mol. The van der Waals surface area contributed by atoms with Crippen LogP contribution < -0.4 is 4.90 Å². The van der Waals surface area contributed by atoms with Gasteiger partial charge in [0.1, 0.15) is 5.69 Å². The second kappa shape index (κ2) is 5.17. The minimum absolute atomic E-state index is 0.126. The first kappa shape index (κ1) is 11.9. The Morgan fingerprint density at radius 1 is 1.65 bits per heavy atom. The van der Waals surface area contributed by atoms with Gasteiger partial charge in [0.2, 0.25) is 0 Å². The molecule has 0 radical (unpaired) electrons. The van der Waals surface area contributed by atoms with Crippen molar-refractivity contribution in [2.45, 2.75) is 26.2 Å². The molecule has 0 amide bonds. The summed E-state index contributed by atoms with van der Waals surface area (Å²) in [6, 6.07) is 3.55. The molecule has 1 aromatic heterocycles. The molecule has 1 N–H and O–H groups in total. The Morgan fingerprint density at radius 3 is 3.18 bits per heavy atom. The van der Waals surface area contributed by atoms with E-state index in [0.717, 1.165) is 24.7 Å². The number of carbonyl (C=O) groups is 1. The maximum absolute atomic E-state index is 10.9. The molecule has 1 saturated heterocycles. The molecule has 4 heteroatoms. The largest absolute Gasteiger partial charge is 0.477 e. The third kappa shape index (κ3) is 2.75. The van der Waals surface area contributed by atoms with E-state index in [1.807, 2.05) is 6.07 Å². The van der Waals surface area contributed by atoms with Gasteiger partial charge in [-0.25, -0.2) is 9.78 Å². The van der Waals surface area contributed by atoms with Crippen LogP contribution in [0.5, 0.6) is 0 Å². The van der Waals surface area contributed by atoms with E-state index in [1.165, 1.54) is 19.3 Å². The summed E-state index contributed by atoms with van der Waals surface area (Å²) in [5, 5.41) is 8.91. The average Bonchev–Trinajstić information content (AvgIpc) is 2.78. The van der Waals surface area contributed by atoms with Crippen LogP contribution in [0.1, 0.15) is 36.7 Å². The van der Waals surface area contributed by atoms with Crippen molar-refractivity contribution >= 4 is 11.7 Å². The molecular formula is C13H18N2O2. The summed E-state index contributed by atoms with van der Waals surface area (Å²) in [4.78, 5) is 17.0. The van der Waals surface area contributed by atoms with E-state index in [9.17, 15) is 4.79 Å². The number of hydrogen-bond donors (Lipinski definition) is 1. The number of aromatic carboxylic acids is 1. The molecule has 0 spiro atoms. The minimum atomic E-state index is -0.962. The Morgan fingerprint density at radius 2 is 2.47 bits per heavy atom. The summed E-state index contributed by atoms with van der Waals surface area (Å²) in [5.41, 5.74) is 1.11. The lowest BCUT2D eigenvalue weighted by Gasteiger charge is -2.18. The van der Waals surface area contributed by atoms with Crippen molar-refractivity contribution in [1.82, 2.24) is 4.98 Å². The Balaban J connectivity index is 2.08. The summed E-state index contributed by atoms with van der Waals surface area (Å²) in [6.07, 6.45) is 5.26. The van der Waals surface area contributed by atoms with Crippen molar-refractivity contribution in [3.63, 3.8) is 0 Å². The molecule has 2 rings (SSSR count). The van der Waals surface area contributed by atoms with Crippen molar-refractivity contribution in [3.05, 3.63) is 24.0 Å². The second-order valence-electron chi connectivity index (χ2n) is 4.59. The number of carboxylic acid groups (broad SMARTS) is 1. The van der Waals surface area contributed by atoms with Gasteiger partial charge in [-0.3, -0.25) is 0 Å². The lowest BCUT2D eigenvalue weighted by Crippen LogP contribution is -2.20. The van der Waals surface area contributed by atoms with E-state index in [1.54, 1.807) is 12.3 Å². The normalized spacial score (nSPS) is 19.6. The Labute approximate surface area is 101 Å². The zero-order valence-electron chi connectivity index (χ0n) is 10.1. The first-order chi connectivity index (χ1) is 8.20. The molecule has 1 fully saturated rings. The van der Waals surface area contributed by atoms with Gasteiger partial charge in [0.05, 0.1) is 0 Å². The number of anilines is 1. The second-order valence-corrected chi connectivity index (χ2v) is 4.59.